The van der Waals surface area contributed by atoms with Crippen LogP contribution in [0.5, 0.6) is 0 Å². The van der Waals surface area contributed by atoms with Crippen LogP contribution in [0.3, 0.4) is 0 Å². The van der Waals surface area contributed by atoms with Gasteiger partial charge in [0.1, 0.15) is 5.75 Å². The molecule has 0 N–H and O–H groups in total. The van der Waals surface area contributed by atoms with Crippen LogP contribution in [-0.2, 0) is 21.1 Å². The van der Waals surface area contributed by atoms with Crippen molar-refractivity contribution in [3.05, 3.63) is 35.9 Å². The first kappa shape index (κ1) is 18.0. The van der Waals surface area contributed by atoms with Crippen molar-refractivity contribution in [2.75, 3.05) is 18.1 Å². The van der Waals surface area contributed by atoms with Gasteiger partial charge in [0.15, 0.2) is 9.84 Å². The third-order valence-corrected chi connectivity index (χ3v) is 6.12. The molecule has 128 valence electrons. The summed E-state index contributed by atoms with van der Waals surface area (Å²) in [4.78, 5) is 14.2. The van der Waals surface area contributed by atoms with Gasteiger partial charge in [-0.1, -0.05) is 37.3 Å². The zero-order valence-electron chi connectivity index (χ0n) is 13.9. The number of rotatable bonds is 7. The van der Waals surface area contributed by atoms with Gasteiger partial charge in [0.05, 0.1) is 5.75 Å². The summed E-state index contributed by atoms with van der Waals surface area (Å²) in [6.45, 7) is 2.77. The molecule has 1 aliphatic rings. The van der Waals surface area contributed by atoms with Crippen LogP contribution in [0.25, 0.3) is 0 Å². The number of aryl methyl sites for hydroxylation is 1. The summed E-state index contributed by atoms with van der Waals surface area (Å²) in [6.07, 6.45) is 5.31. The van der Waals surface area contributed by atoms with Crippen LogP contribution in [0.1, 0.15) is 44.6 Å². The van der Waals surface area contributed by atoms with Gasteiger partial charge < -0.3 is 4.90 Å². The van der Waals surface area contributed by atoms with E-state index in [1.165, 1.54) is 0 Å². The van der Waals surface area contributed by atoms with Crippen LogP contribution in [0.4, 0.5) is 0 Å². The second-order valence-corrected chi connectivity index (χ2v) is 8.51. The zero-order chi connectivity index (χ0) is 16.7. The fraction of sp³-hybridized carbons (Fsp3) is 0.611. The number of carbonyl (C=O) groups is 1. The molecule has 4 nitrogen and oxygen atoms in total. The van der Waals surface area contributed by atoms with E-state index in [4.69, 9.17) is 0 Å². The summed E-state index contributed by atoms with van der Waals surface area (Å²) in [6, 6.07) is 10.1. The third kappa shape index (κ3) is 5.65. The molecular weight excluding hydrogens is 310 g/mol. The number of benzene rings is 1. The number of nitrogens with zero attached hydrogens (tertiary/aromatic N) is 1. The van der Waals surface area contributed by atoms with E-state index in [0.717, 1.165) is 37.7 Å². The molecule has 0 radical (unpaired) electrons. The van der Waals surface area contributed by atoms with Gasteiger partial charge in [-0.25, -0.2) is 8.42 Å². The van der Waals surface area contributed by atoms with Crippen LogP contribution in [0.2, 0.25) is 0 Å². The molecule has 1 heterocycles. The highest BCUT2D eigenvalue weighted by Crippen LogP contribution is 2.20. The standard InChI is InChI=1S/C18H27NO3S/c1-2-17-12-6-7-13-19(17)18(20)15-23(21,22)14-8-11-16-9-4-3-5-10-16/h3-5,9-10,17H,2,6-8,11-15H2,1H3. The molecule has 0 aromatic heterocycles. The molecule has 0 saturated carbocycles. The summed E-state index contributed by atoms with van der Waals surface area (Å²) in [5, 5.41) is 0. The molecule has 1 unspecified atom stereocenters. The average Bonchev–Trinajstić information content (AvgIpc) is 2.55. The van der Waals surface area contributed by atoms with Crippen LogP contribution in [0.15, 0.2) is 30.3 Å². The van der Waals surface area contributed by atoms with Gasteiger partial charge in [-0.05, 0) is 44.1 Å². The van der Waals surface area contributed by atoms with Gasteiger partial charge in [0.25, 0.3) is 0 Å². The Labute approximate surface area is 139 Å². The number of likely N-dealkylation sites (tertiary alicyclic amines) is 1. The minimum absolute atomic E-state index is 0.0816. The highest BCUT2D eigenvalue weighted by Gasteiger charge is 2.28. The Morgan fingerprint density at radius 1 is 1.22 bits per heavy atom. The molecule has 1 amide bonds. The van der Waals surface area contributed by atoms with Gasteiger partial charge >= 0.3 is 0 Å². The molecule has 2 rings (SSSR count). The van der Waals surface area contributed by atoms with Crippen molar-refractivity contribution in [3.63, 3.8) is 0 Å². The molecule has 23 heavy (non-hydrogen) atoms. The Kier molecular flexibility index (Phi) is 6.63. The van der Waals surface area contributed by atoms with E-state index in [9.17, 15) is 13.2 Å². The van der Waals surface area contributed by atoms with Crippen LogP contribution in [-0.4, -0.2) is 43.3 Å². The molecular formula is C18H27NO3S. The number of hydrogen-bond donors (Lipinski definition) is 0. The van der Waals surface area contributed by atoms with Crippen molar-refractivity contribution in [2.24, 2.45) is 0 Å². The molecule has 1 fully saturated rings. The van der Waals surface area contributed by atoms with Crippen molar-refractivity contribution in [1.29, 1.82) is 0 Å². The Balaban J connectivity index is 1.83. The third-order valence-electron chi connectivity index (χ3n) is 4.53. The first-order chi connectivity index (χ1) is 11.0. The van der Waals surface area contributed by atoms with Gasteiger partial charge in [-0.3, -0.25) is 4.79 Å². The molecule has 0 spiro atoms. The summed E-state index contributed by atoms with van der Waals surface area (Å²) < 4.78 is 24.4. The van der Waals surface area contributed by atoms with E-state index < -0.39 is 9.84 Å². The number of piperidine rings is 1. The molecule has 0 aliphatic carbocycles. The van der Waals surface area contributed by atoms with Crippen molar-refractivity contribution in [3.8, 4) is 0 Å². The molecule has 1 aromatic carbocycles. The summed E-state index contributed by atoms with van der Waals surface area (Å²) >= 11 is 0. The van der Waals surface area contributed by atoms with Gasteiger partial charge in [-0.2, -0.15) is 0 Å². The van der Waals surface area contributed by atoms with Gasteiger partial charge in [0, 0.05) is 12.6 Å². The molecule has 1 aromatic rings. The second-order valence-electron chi connectivity index (χ2n) is 6.33. The van der Waals surface area contributed by atoms with E-state index in [0.29, 0.717) is 13.0 Å². The highest BCUT2D eigenvalue weighted by molar-refractivity contribution is 7.92. The predicted octanol–water partition coefficient (Wildman–Crippen LogP) is 2.83. The molecule has 0 bridgehead atoms. The number of hydrogen-bond acceptors (Lipinski definition) is 3. The largest absolute Gasteiger partial charge is 0.339 e. The summed E-state index contributed by atoms with van der Waals surface area (Å²) in [7, 11) is -3.32. The smallest absolute Gasteiger partial charge is 0.238 e. The van der Waals surface area contributed by atoms with Gasteiger partial charge in [-0.15, -0.1) is 0 Å². The maximum Gasteiger partial charge on any atom is 0.238 e. The lowest BCUT2D eigenvalue weighted by Crippen LogP contribution is -2.46. The maximum absolute atomic E-state index is 12.4. The Morgan fingerprint density at radius 3 is 2.65 bits per heavy atom. The monoisotopic (exact) mass is 337 g/mol. The van der Waals surface area contributed by atoms with E-state index >= 15 is 0 Å². The Hall–Kier alpha value is -1.36. The minimum Gasteiger partial charge on any atom is -0.339 e. The lowest BCUT2D eigenvalue weighted by Gasteiger charge is -2.35. The zero-order valence-corrected chi connectivity index (χ0v) is 14.7. The van der Waals surface area contributed by atoms with Crippen molar-refractivity contribution in [2.45, 2.75) is 51.5 Å². The Morgan fingerprint density at radius 2 is 1.96 bits per heavy atom. The molecule has 1 saturated heterocycles. The minimum atomic E-state index is -3.32. The first-order valence-corrected chi connectivity index (χ1v) is 10.4. The fourth-order valence-electron chi connectivity index (χ4n) is 3.24. The normalized spacial score (nSPS) is 18.8. The van der Waals surface area contributed by atoms with Crippen molar-refractivity contribution in [1.82, 2.24) is 4.90 Å². The average molecular weight is 337 g/mol. The van der Waals surface area contributed by atoms with Crippen LogP contribution < -0.4 is 0 Å². The molecule has 5 heteroatoms. The van der Waals surface area contributed by atoms with Crippen molar-refractivity contribution < 1.29 is 13.2 Å². The van der Waals surface area contributed by atoms with E-state index in [1.54, 1.807) is 4.90 Å². The van der Waals surface area contributed by atoms with E-state index in [-0.39, 0.29) is 23.5 Å². The molecule has 1 aliphatic heterocycles. The predicted molar refractivity (Wildman–Crippen MR) is 93.1 cm³/mol. The lowest BCUT2D eigenvalue weighted by molar-refractivity contribution is -0.132. The van der Waals surface area contributed by atoms with Gasteiger partial charge in [0.2, 0.25) is 5.91 Å². The summed E-state index contributed by atoms with van der Waals surface area (Å²) in [5.74, 6) is -0.465. The Bertz CT molecular complexity index is 598. The van der Waals surface area contributed by atoms with E-state index in [1.807, 2.05) is 30.3 Å². The summed E-state index contributed by atoms with van der Waals surface area (Å²) in [5.41, 5.74) is 1.14. The number of amides is 1. The highest BCUT2D eigenvalue weighted by atomic mass is 32.2. The molecule has 1 atom stereocenters. The quantitative estimate of drug-likeness (QED) is 0.769. The maximum atomic E-state index is 12.4. The fourth-order valence-corrected chi connectivity index (χ4v) is 4.51. The topological polar surface area (TPSA) is 54.5 Å². The number of sulfone groups is 1. The number of carbonyl (C=O) groups excluding carboxylic acids is 1. The SMILES string of the molecule is CCC1CCCCN1C(=O)CS(=O)(=O)CCCc1ccccc1. The lowest BCUT2D eigenvalue weighted by atomic mass is 10.0. The van der Waals surface area contributed by atoms with E-state index in [2.05, 4.69) is 6.92 Å². The van der Waals surface area contributed by atoms with Crippen molar-refractivity contribution >= 4 is 15.7 Å². The van der Waals surface area contributed by atoms with Crippen LogP contribution in [0, 0.1) is 0 Å². The first-order valence-electron chi connectivity index (χ1n) is 8.55. The van der Waals surface area contributed by atoms with Crippen LogP contribution >= 0.6 is 0 Å². The second kappa shape index (κ2) is 8.48.